The number of nitrogens with zero attached hydrogens (tertiary/aromatic N) is 4. The summed E-state index contributed by atoms with van der Waals surface area (Å²) in [6.45, 7) is 7.69. The minimum atomic E-state index is -0.683. The van der Waals surface area contributed by atoms with E-state index in [1.54, 1.807) is 0 Å². The van der Waals surface area contributed by atoms with Gasteiger partial charge in [-0.15, -0.1) is 0 Å². The van der Waals surface area contributed by atoms with Crippen LogP contribution in [0.2, 0.25) is 0 Å². The Morgan fingerprint density at radius 3 is 1.53 bits per heavy atom. The standard InChI is InChI=1S/C46H52N8O6/c1-23(2)39(51-45(57)59-5)43(55)53-35-17-31(35)19-37(53)41-47-21-33(49-41)29-9-7-8-25(15-29)26-10-11-28-16-30(13-12-27(28)14-26)34-22-48-42(50-34)38-20-32-18-36(32)54(38)44(56)40(24(3)4)52-46(58)60-6/h7-16,21-24,31-32,35-40H,17-20H2,1-6H3,(H,47,49)(H,48,50)(H,51,57)(H,52,58)/t31-,32+,35-,36+,37+,38-,39+,40+/m1/s1. The molecule has 14 nitrogen and oxygen atoms in total. The summed E-state index contributed by atoms with van der Waals surface area (Å²) >= 11 is 0. The van der Waals surface area contributed by atoms with Gasteiger partial charge in [-0.25, -0.2) is 19.6 Å². The predicted octanol–water partition coefficient (Wildman–Crippen LogP) is 7.37. The van der Waals surface area contributed by atoms with Crippen molar-refractivity contribution in [2.75, 3.05) is 14.2 Å². The lowest BCUT2D eigenvalue weighted by Crippen LogP contribution is -2.52. The number of rotatable bonds is 11. The van der Waals surface area contributed by atoms with E-state index in [4.69, 9.17) is 19.4 Å². The quantitative estimate of drug-likeness (QED) is 0.107. The van der Waals surface area contributed by atoms with Gasteiger partial charge in [0.25, 0.3) is 0 Å². The highest BCUT2D eigenvalue weighted by molar-refractivity contribution is 5.91. The van der Waals surface area contributed by atoms with Crippen LogP contribution in [0, 0.1) is 23.7 Å². The number of piperidine rings is 2. The minimum Gasteiger partial charge on any atom is -0.453 e. The topological polar surface area (TPSA) is 175 Å². The van der Waals surface area contributed by atoms with Gasteiger partial charge in [0.05, 0.1) is 50.1 Å². The summed E-state index contributed by atoms with van der Waals surface area (Å²) in [5.41, 5.74) is 5.89. The Labute approximate surface area is 348 Å². The molecule has 8 atom stereocenters. The fraction of sp³-hybridized carbons (Fsp3) is 0.435. The Bertz CT molecular complexity index is 2470. The molecule has 2 aromatic heterocycles. The fourth-order valence-electron chi connectivity index (χ4n) is 9.52. The third-order valence-electron chi connectivity index (χ3n) is 13.0. The number of aromatic nitrogens is 4. The lowest BCUT2D eigenvalue weighted by Gasteiger charge is -2.31. The lowest BCUT2D eigenvalue weighted by atomic mass is 9.98. The number of H-pyrrole nitrogens is 2. The van der Waals surface area contributed by atoms with Crippen LogP contribution in [0.25, 0.3) is 44.4 Å². The molecule has 5 aromatic rings. The highest BCUT2D eigenvalue weighted by atomic mass is 16.5. The number of methoxy groups -OCH3 is 2. The summed E-state index contributed by atoms with van der Waals surface area (Å²) in [5, 5.41) is 7.68. The maximum absolute atomic E-state index is 13.9. The highest BCUT2D eigenvalue weighted by Crippen LogP contribution is 2.54. The second-order valence-corrected chi connectivity index (χ2v) is 17.6. The summed E-state index contributed by atoms with van der Waals surface area (Å²) in [7, 11) is 2.61. The van der Waals surface area contributed by atoms with Crippen LogP contribution in [0.4, 0.5) is 9.59 Å². The van der Waals surface area contributed by atoms with Crippen LogP contribution in [0.5, 0.6) is 0 Å². The van der Waals surface area contributed by atoms with Gasteiger partial charge >= 0.3 is 12.2 Å². The van der Waals surface area contributed by atoms with Crippen LogP contribution < -0.4 is 10.6 Å². The van der Waals surface area contributed by atoms with Crippen molar-refractivity contribution in [2.24, 2.45) is 23.7 Å². The van der Waals surface area contributed by atoms with Crippen LogP contribution in [-0.4, -0.2) is 92.1 Å². The zero-order valence-corrected chi connectivity index (χ0v) is 34.8. The van der Waals surface area contributed by atoms with E-state index in [1.165, 1.54) is 14.2 Å². The Hall–Kier alpha value is -6.18. The number of hydrogen-bond acceptors (Lipinski definition) is 8. The molecule has 4 aliphatic rings. The van der Waals surface area contributed by atoms with Gasteiger partial charge in [-0.3, -0.25) is 9.59 Å². The number of alkyl carbamates (subject to hydrolysis) is 2. The molecule has 2 saturated carbocycles. The first-order valence-corrected chi connectivity index (χ1v) is 21.0. The Kier molecular flexibility index (Phi) is 10.1. The summed E-state index contributed by atoms with van der Waals surface area (Å²) < 4.78 is 9.62. The molecule has 312 valence electrons. The van der Waals surface area contributed by atoms with E-state index < -0.39 is 24.3 Å². The molecule has 4 N–H and O–H groups in total. The van der Waals surface area contributed by atoms with Gasteiger partial charge in [0.1, 0.15) is 23.7 Å². The molecule has 4 fully saturated rings. The van der Waals surface area contributed by atoms with Gasteiger partial charge in [0.15, 0.2) is 0 Å². The monoisotopic (exact) mass is 812 g/mol. The first kappa shape index (κ1) is 39.3. The van der Waals surface area contributed by atoms with Gasteiger partial charge in [0, 0.05) is 23.2 Å². The maximum Gasteiger partial charge on any atom is 0.407 e. The van der Waals surface area contributed by atoms with Gasteiger partial charge < -0.3 is 39.9 Å². The van der Waals surface area contributed by atoms with Crippen molar-refractivity contribution in [3.8, 4) is 33.6 Å². The van der Waals surface area contributed by atoms with Crippen molar-refractivity contribution >= 4 is 34.8 Å². The van der Waals surface area contributed by atoms with Crippen LogP contribution in [0.3, 0.4) is 0 Å². The van der Waals surface area contributed by atoms with Gasteiger partial charge in [0.2, 0.25) is 11.8 Å². The SMILES string of the molecule is COC(=O)N[C@H](C(=O)N1[C@@H]2C[C@@H]2C[C@H]1c1ncc(-c2cccc(-c3ccc4cc(-c5cnc([C@H]6C[C@@H]7C[C@@H]7N6C(=O)[C@@H](NC(=O)OC)C(C)C)[nH]5)ccc4c3)c2)[nH]1)C(C)C. The molecule has 9 rings (SSSR count). The number of ether oxygens (including phenoxy) is 2. The summed E-state index contributed by atoms with van der Waals surface area (Å²) in [5.74, 6) is 1.98. The number of imidazole rings is 2. The summed E-state index contributed by atoms with van der Waals surface area (Å²) in [4.78, 5) is 72.4. The molecule has 2 saturated heterocycles. The predicted molar refractivity (Wildman–Crippen MR) is 225 cm³/mol. The minimum absolute atomic E-state index is 0.0997. The first-order valence-electron chi connectivity index (χ1n) is 21.0. The molecule has 0 bridgehead atoms. The molecular formula is C46H52N8O6. The zero-order chi connectivity index (χ0) is 42.0. The van der Waals surface area contributed by atoms with Crippen molar-refractivity contribution < 1.29 is 28.7 Å². The van der Waals surface area contributed by atoms with Crippen LogP contribution in [0.15, 0.2) is 73.1 Å². The smallest absolute Gasteiger partial charge is 0.407 e. The van der Waals surface area contributed by atoms with E-state index in [2.05, 4.69) is 75.2 Å². The molecule has 0 spiro atoms. The molecule has 4 amide bonds. The van der Waals surface area contributed by atoms with Crippen LogP contribution >= 0.6 is 0 Å². The van der Waals surface area contributed by atoms with Crippen molar-refractivity contribution in [1.29, 1.82) is 0 Å². The summed E-state index contributed by atoms with van der Waals surface area (Å²) in [6.07, 6.45) is 6.08. The van der Waals surface area contributed by atoms with E-state index in [-0.39, 0.29) is 47.8 Å². The van der Waals surface area contributed by atoms with Crippen LogP contribution in [0.1, 0.15) is 77.1 Å². The van der Waals surface area contributed by atoms with Crippen molar-refractivity contribution in [2.45, 2.75) is 89.6 Å². The molecule has 14 heteroatoms. The molecule has 3 aromatic carbocycles. The number of fused-ring (bicyclic) bond motifs is 3. The summed E-state index contributed by atoms with van der Waals surface area (Å²) in [6, 6.07) is 19.8. The molecule has 2 aliphatic heterocycles. The van der Waals surface area contributed by atoms with Crippen molar-refractivity contribution in [3.05, 3.63) is 84.7 Å². The van der Waals surface area contributed by atoms with E-state index >= 15 is 0 Å². The highest BCUT2D eigenvalue weighted by Gasteiger charge is 2.57. The van der Waals surface area contributed by atoms with E-state index in [9.17, 15) is 19.2 Å². The molecule has 60 heavy (non-hydrogen) atoms. The average molecular weight is 813 g/mol. The largest absolute Gasteiger partial charge is 0.453 e. The Morgan fingerprint density at radius 1 is 0.617 bits per heavy atom. The second kappa shape index (κ2) is 15.4. The average Bonchev–Trinajstić information content (AvgIpc) is 3.83. The number of aromatic amines is 2. The van der Waals surface area contributed by atoms with E-state index in [0.29, 0.717) is 11.8 Å². The number of hydrogen-bond donors (Lipinski definition) is 4. The maximum atomic E-state index is 13.9. The van der Waals surface area contributed by atoms with E-state index in [0.717, 1.165) is 81.7 Å². The molecule has 0 radical (unpaired) electrons. The second-order valence-electron chi connectivity index (χ2n) is 17.6. The molecular weight excluding hydrogens is 761 g/mol. The molecule has 0 unspecified atom stereocenters. The van der Waals surface area contributed by atoms with Gasteiger partial charge in [-0.1, -0.05) is 70.2 Å². The van der Waals surface area contributed by atoms with Crippen LogP contribution in [-0.2, 0) is 19.1 Å². The van der Waals surface area contributed by atoms with Gasteiger partial charge in [-0.2, -0.15) is 0 Å². The molecule has 4 heterocycles. The third kappa shape index (κ3) is 7.26. The number of benzene rings is 3. The Morgan fingerprint density at radius 2 is 1.05 bits per heavy atom. The number of carbonyl (C=O) groups excluding carboxylic acids is 4. The van der Waals surface area contributed by atoms with Crippen molar-refractivity contribution in [1.82, 2.24) is 40.4 Å². The normalized spacial score (nSPS) is 23.6. The lowest BCUT2D eigenvalue weighted by molar-refractivity contribution is -0.137. The van der Waals surface area contributed by atoms with E-state index in [1.807, 2.05) is 56.0 Å². The third-order valence-corrected chi connectivity index (χ3v) is 13.0. The number of nitrogens with one attached hydrogen (secondary N) is 4. The number of carbonyl (C=O) groups is 4. The fourth-order valence-corrected chi connectivity index (χ4v) is 9.52. The number of likely N-dealkylation sites (tertiary alicyclic amines) is 2. The van der Waals surface area contributed by atoms with Crippen molar-refractivity contribution in [3.63, 3.8) is 0 Å². The van der Waals surface area contributed by atoms with Gasteiger partial charge in [-0.05, 0) is 89.5 Å². The first-order chi connectivity index (χ1) is 28.9. The zero-order valence-electron chi connectivity index (χ0n) is 34.8. The Balaban J connectivity index is 0.907. The number of amides is 4. The molecule has 2 aliphatic carbocycles.